The third kappa shape index (κ3) is 3.95. The van der Waals surface area contributed by atoms with Gasteiger partial charge in [0, 0.05) is 18.8 Å². The number of rotatable bonds is 3. The van der Waals surface area contributed by atoms with E-state index in [2.05, 4.69) is 17.3 Å². The fraction of sp³-hybridized carbons (Fsp3) is 0.467. The number of nitrogens with zero attached hydrogens (tertiary/aromatic N) is 2. The molecule has 0 saturated carbocycles. The number of nitrogens with one attached hydrogen (secondary N) is 1. The van der Waals surface area contributed by atoms with Crippen molar-refractivity contribution in [2.45, 2.75) is 18.9 Å². The van der Waals surface area contributed by atoms with Crippen molar-refractivity contribution in [1.29, 1.82) is 0 Å². The summed E-state index contributed by atoms with van der Waals surface area (Å²) < 4.78 is 0. The minimum Gasteiger partial charge on any atom is -0.478 e. The van der Waals surface area contributed by atoms with Gasteiger partial charge in [0.15, 0.2) is 0 Å². The monoisotopic (exact) mass is 291 g/mol. The Bertz CT molecular complexity index is 525. The molecule has 2 rings (SSSR count). The van der Waals surface area contributed by atoms with Gasteiger partial charge in [-0.15, -0.1) is 0 Å². The number of hydrogen-bond acceptors (Lipinski definition) is 3. The number of hydrogen-bond donors (Lipinski definition) is 2. The highest BCUT2D eigenvalue weighted by molar-refractivity contribution is 5.93. The van der Waals surface area contributed by atoms with Crippen LogP contribution in [0.1, 0.15) is 23.2 Å². The summed E-state index contributed by atoms with van der Waals surface area (Å²) in [5.74, 6) is -1.00. The Labute approximate surface area is 124 Å². The predicted molar refractivity (Wildman–Crippen MR) is 80.7 cm³/mol. The van der Waals surface area contributed by atoms with Gasteiger partial charge in [0.25, 0.3) is 0 Å². The van der Waals surface area contributed by atoms with Crippen LogP contribution in [0.2, 0.25) is 0 Å². The van der Waals surface area contributed by atoms with Crippen LogP contribution in [0.5, 0.6) is 0 Å². The highest BCUT2D eigenvalue weighted by Crippen LogP contribution is 2.16. The largest absolute Gasteiger partial charge is 0.478 e. The lowest BCUT2D eigenvalue weighted by Crippen LogP contribution is -2.46. The van der Waals surface area contributed by atoms with Crippen molar-refractivity contribution in [1.82, 2.24) is 9.80 Å². The Morgan fingerprint density at radius 3 is 2.62 bits per heavy atom. The molecule has 6 heteroatoms. The number of carbonyl (C=O) groups excluding carboxylic acids is 1. The number of anilines is 1. The lowest BCUT2D eigenvalue weighted by molar-refractivity contribution is 0.0697. The first-order valence-corrected chi connectivity index (χ1v) is 7.03. The van der Waals surface area contributed by atoms with E-state index < -0.39 is 5.97 Å². The Morgan fingerprint density at radius 2 is 2.00 bits per heavy atom. The fourth-order valence-corrected chi connectivity index (χ4v) is 2.49. The molecular formula is C15H21N3O3. The van der Waals surface area contributed by atoms with Crippen LogP contribution < -0.4 is 5.32 Å². The SMILES string of the molecule is CN1CCC(N(C)C(=O)Nc2cccc(C(=O)O)c2)CC1. The van der Waals surface area contributed by atoms with Crippen molar-refractivity contribution >= 4 is 17.7 Å². The quantitative estimate of drug-likeness (QED) is 0.892. The molecule has 1 fully saturated rings. The summed E-state index contributed by atoms with van der Waals surface area (Å²) in [5, 5.41) is 11.7. The second-order valence-corrected chi connectivity index (χ2v) is 5.46. The second-order valence-electron chi connectivity index (χ2n) is 5.46. The minimum atomic E-state index is -1.00. The average molecular weight is 291 g/mol. The van der Waals surface area contributed by atoms with Gasteiger partial charge in [0.1, 0.15) is 0 Å². The third-order valence-corrected chi connectivity index (χ3v) is 3.92. The highest BCUT2D eigenvalue weighted by Gasteiger charge is 2.24. The number of aromatic carboxylic acids is 1. The molecule has 0 bridgehead atoms. The van der Waals surface area contributed by atoms with Crippen LogP contribution in [0.3, 0.4) is 0 Å². The minimum absolute atomic E-state index is 0.162. The van der Waals surface area contributed by atoms with E-state index in [1.54, 1.807) is 24.1 Å². The first-order valence-electron chi connectivity index (χ1n) is 7.03. The molecule has 2 amide bonds. The first kappa shape index (κ1) is 15.3. The maximum Gasteiger partial charge on any atom is 0.335 e. The molecule has 1 heterocycles. The molecule has 1 aliphatic rings. The molecule has 114 valence electrons. The van der Waals surface area contributed by atoms with Crippen LogP contribution in [0.25, 0.3) is 0 Å². The number of likely N-dealkylation sites (tertiary alicyclic amines) is 1. The van der Waals surface area contributed by atoms with Crippen LogP contribution in [0.4, 0.5) is 10.5 Å². The Balaban J connectivity index is 1.97. The van der Waals surface area contributed by atoms with Gasteiger partial charge >= 0.3 is 12.0 Å². The van der Waals surface area contributed by atoms with Gasteiger partial charge < -0.3 is 20.2 Å². The molecule has 0 aliphatic carbocycles. The topological polar surface area (TPSA) is 72.9 Å². The smallest absolute Gasteiger partial charge is 0.335 e. The molecule has 1 aromatic carbocycles. The molecule has 1 saturated heterocycles. The van der Waals surface area contributed by atoms with E-state index in [4.69, 9.17) is 5.11 Å². The normalized spacial score (nSPS) is 16.5. The summed E-state index contributed by atoms with van der Waals surface area (Å²) in [5.41, 5.74) is 0.662. The lowest BCUT2D eigenvalue weighted by atomic mass is 10.0. The van der Waals surface area contributed by atoms with Crippen LogP contribution in [0, 0.1) is 0 Å². The molecule has 0 spiro atoms. The van der Waals surface area contributed by atoms with Crippen LogP contribution in [-0.2, 0) is 0 Å². The third-order valence-electron chi connectivity index (χ3n) is 3.92. The number of carboxylic acid groups (broad SMARTS) is 1. The van der Waals surface area contributed by atoms with Crippen molar-refractivity contribution in [3.8, 4) is 0 Å². The second kappa shape index (κ2) is 6.58. The summed E-state index contributed by atoms with van der Waals surface area (Å²) in [6.45, 7) is 1.97. The summed E-state index contributed by atoms with van der Waals surface area (Å²) in [6.07, 6.45) is 1.91. The van der Waals surface area contributed by atoms with Gasteiger partial charge in [0.05, 0.1) is 5.56 Å². The van der Waals surface area contributed by atoms with Crippen LogP contribution in [0.15, 0.2) is 24.3 Å². The summed E-state index contributed by atoms with van der Waals surface area (Å²) in [6, 6.07) is 6.29. The Hall–Kier alpha value is -2.08. The zero-order chi connectivity index (χ0) is 15.4. The molecule has 0 aromatic heterocycles. The van der Waals surface area contributed by atoms with Gasteiger partial charge in [-0.25, -0.2) is 9.59 Å². The van der Waals surface area contributed by atoms with Crippen molar-refractivity contribution in [2.24, 2.45) is 0 Å². The zero-order valence-corrected chi connectivity index (χ0v) is 12.4. The predicted octanol–water partition coefficient (Wildman–Crippen LogP) is 1.94. The van der Waals surface area contributed by atoms with Crippen molar-refractivity contribution < 1.29 is 14.7 Å². The van der Waals surface area contributed by atoms with Crippen molar-refractivity contribution in [3.05, 3.63) is 29.8 Å². The number of benzene rings is 1. The number of carboxylic acids is 1. The van der Waals surface area contributed by atoms with Gasteiger partial charge in [-0.3, -0.25) is 0 Å². The molecule has 1 aromatic rings. The molecule has 0 radical (unpaired) electrons. The number of amides is 2. The molecule has 0 atom stereocenters. The van der Waals surface area contributed by atoms with Crippen molar-refractivity contribution in [2.75, 3.05) is 32.5 Å². The molecule has 21 heavy (non-hydrogen) atoms. The molecule has 1 aliphatic heterocycles. The number of urea groups is 1. The Kier molecular flexibility index (Phi) is 4.80. The van der Waals surface area contributed by atoms with E-state index >= 15 is 0 Å². The van der Waals surface area contributed by atoms with Gasteiger partial charge in [0.2, 0.25) is 0 Å². The average Bonchev–Trinajstić information content (AvgIpc) is 2.47. The molecule has 2 N–H and O–H groups in total. The zero-order valence-electron chi connectivity index (χ0n) is 12.4. The standard InChI is InChI=1S/C15H21N3O3/c1-17-8-6-13(7-9-17)18(2)15(21)16-12-5-3-4-11(10-12)14(19)20/h3-5,10,13H,6-9H2,1-2H3,(H,16,21)(H,19,20). The van der Waals surface area contributed by atoms with Gasteiger partial charge in [-0.05, 0) is 51.2 Å². The Morgan fingerprint density at radius 1 is 1.33 bits per heavy atom. The van der Waals surface area contributed by atoms with Crippen LogP contribution in [-0.4, -0.2) is 60.1 Å². The van der Waals surface area contributed by atoms with E-state index in [9.17, 15) is 9.59 Å². The van der Waals surface area contributed by atoms with E-state index in [1.807, 2.05) is 0 Å². The van der Waals surface area contributed by atoms with Gasteiger partial charge in [-0.2, -0.15) is 0 Å². The van der Waals surface area contributed by atoms with Crippen LogP contribution >= 0.6 is 0 Å². The highest BCUT2D eigenvalue weighted by atomic mass is 16.4. The first-order chi connectivity index (χ1) is 9.97. The summed E-state index contributed by atoms with van der Waals surface area (Å²) in [4.78, 5) is 27.1. The van der Waals surface area contributed by atoms with E-state index in [1.165, 1.54) is 12.1 Å². The maximum absolute atomic E-state index is 12.2. The number of piperidine rings is 1. The van der Waals surface area contributed by atoms with Gasteiger partial charge in [-0.1, -0.05) is 6.07 Å². The molecular weight excluding hydrogens is 270 g/mol. The van der Waals surface area contributed by atoms with E-state index in [-0.39, 0.29) is 17.6 Å². The lowest BCUT2D eigenvalue weighted by Gasteiger charge is -2.35. The number of carbonyl (C=O) groups is 2. The maximum atomic E-state index is 12.2. The van der Waals surface area contributed by atoms with E-state index in [0.29, 0.717) is 5.69 Å². The molecule has 0 unspecified atom stereocenters. The summed E-state index contributed by atoms with van der Waals surface area (Å²) >= 11 is 0. The fourth-order valence-electron chi connectivity index (χ4n) is 2.49. The molecule has 6 nitrogen and oxygen atoms in total. The van der Waals surface area contributed by atoms with E-state index in [0.717, 1.165) is 25.9 Å². The van der Waals surface area contributed by atoms with Crippen molar-refractivity contribution in [3.63, 3.8) is 0 Å². The summed E-state index contributed by atoms with van der Waals surface area (Å²) in [7, 11) is 3.86.